The lowest BCUT2D eigenvalue weighted by Gasteiger charge is -2.28. The van der Waals surface area contributed by atoms with Crippen LogP contribution in [-0.2, 0) is 6.42 Å². The van der Waals surface area contributed by atoms with E-state index in [2.05, 4.69) is 33.0 Å². The van der Waals surface area contributed by atoms with Gasteiger partial charge in [-0.05, 0) is 48.9 Å². The molecule has 2 unspecified atom stereocenters. The van der Waals surface area contributed by atoms with Crippen molar-refractivity contribution in [2.24, 2.45) is 11.8 Å². The zero-order valence-corrected chi connectivity index (χ0v) is 13.1. The van der Waals surface area contributed by atoms with Gasteiger partial charge in [-0.25, -0.2) is 4.39 Å². The van der Waals surface area contributed by atoms with Crippen LogP contribution in [0.25, 0.3) is 0 Å². The Balaban J connectivity index is 2.77. The second-order valence-corrected chi connectivity index (χ2v) is 6.02. The Morgan fingerprint density at radius 2 is 1.95 bits per heavy atom. The molecular formula is C16H25ClFN. The SMILES string of the molecule is CCCNC(Cc1ccc(F)c(Cl)c1)C(C)C(C)C. The van der Waals surface area contributed by atoms with Gasteiger partial charge in [-0.1, -0.05) is 45.4 Å². The summed E-state index contributed by atoms with van der Waals surface area (Å²) in [7, 11) is 0. The summed E-state index contributed by atoms with van der Waals surface area (Å²) in [5.41, 5.74) is 1.09. The van der Waals surface area contributed by atoms with Crippen molar-refractivity contribution in [3.8, 4) is 0 Å². The summed E-state index contributed by atoms with van der Waals surface area (Å²) in [6.07, 6.45) is 2.00. The summed E-state index contributed by atoms with van der Waals surface area (Å²) < 4.78 is 13.2. The summed E-state index contributed by atoms with van der Waals surface area (Å²) >= 11 is 5.85. The predicted octanol–water partition coefficient (Wildman–Crippen LogP) is 4.68. The average molecular weight is 286 g/mol. The van der Waals surface area contributed by atoms with Gasteiger partial charge in [0, 0.05) is 6.04 Å². The lowest BCUT2D eigenvalue weighted by molar-refractivity contribution is 0.297. The third-order valence-electron chi connectivity index (χ3n) is 3.78. The normalized spacial score (nSPS) is 14.7. The van der Waals surface area contributed by atoms with Gasteiger partial charge in [-0.15, -0.1) is 0 Å². The lowest BCUT2D eigenvalue weighted by Crippen LogP contribution is -2.39. The van der Waals surface area contributed by atoms with Gasteiger partial charge in [0.2, 0.25) is 0 Å². The largest absolute Gasteiger partial charge is 0.313 e. The second kappa shape index (κ2) is 7.86. The number of hydrogen-bond acceptors (Lipinski definition) is 1. The highest BCUT2D eigenvalue weighted by atomic mass is 35.5. The van der Waals surface area contributed by atoms with Crippen LogP contribution in [0, 0.1) is 17.7 Å². The Morgan fingerprint density at radius 1 is 1.26 bits per heavy atom. The molecule has 0 aliphatic heterocycles. The minimum atomic E-state index is -0.347. The molecule has 0 aliphatic rings. The van der Waals surface area contributed by atoms with E-state index >= 15 is 0 Å². The third kappa shape index (κ3) is 5.12. The van der Waals surface area contributed by atoms with E-state index in [1.165, 1.54) is 6.07 Å². The van der Waals surface area contributed by atoms with Gasteiger partial charge in [-0.3, -0.25) is 0 Å². The number of halogens is 2. The molecule has 1 N–H and O–H groups in total. The zero-order chi connectivity index (χ0) is 14.4. The number of rotatable bonds is 7. The first kappa shape index (κ1) is 16.5. The lowest BCUT2D eigenvalue weighted by atomic mass is 9.86. The molecule has 0 heterocycles. The van der Waals surface area contributed by atoms with Gasteiger partial charge in [0.05, 0.1) is 5.02 Å². The molecule has 1 rings (SSSR count). The molecule has 0 aliphatic carbocycles. The van der Waals surface area contributed by atoms with Crippen LogP contribution in [0.4, 0.5) is 4.39 Å². The van der Waals surface area contributed by atoms with Crippen molar-refractivity contribution in [3.63, 3.8) is 0 Å². The minimum Gasteiger partial charge on any atom is -0.313 e. The molecule has 0 saturated carbocycles. The Labute approximate surface area is 121 Å². The fraction of sp³-hybridized carbons (Fsp3) is 0.625. The van der Waals surface area contributed by atoms with E-state index in [1.807, 2.05) is 6.07 Å². The molecule has 0 saturated heterocycles. The molecule has 0 amide bonds. The van der Waals surface area contributed by atoms with E-state index in [4.69, 9.17) is 11.6 Å². The molecule has 0 bridgehead atoms. The van der Waals surface area contributed by atoms with E-state index in [1.54, 1.807) is 6.07 Å². The van der Waals surface area contributed by atoms with Crippen molar-refractivity contribution < 1.29 is 4.39 Å². The van der Waals surface area contributed by atoms with Gasteiger partial charge in [0.15, 0.2) is 0 Å². The van der Waals surface area contributed by atoms with Crippen LogP contribution in [0.15, 0.2) is 18.2 Å². The predicted molar refractivity (Wildman–Crippen MR) is 81.2 cm³/mol. The van der Waals surface area contributed by atoms with Crippen molar-refractivity contribution in [3.05, 3.63) is 34.6 Å². The Kier molecular flexibility index (Phi) is 6.81. The molecule has 0 spiro atoms. The van der Waals surface area contributed by atoms with Gasteiger partial charge in [0.1, 0.15) is 5.82 Å². The fourth-order valence-electron chi connectivity index (χ4n) is 2.16. The molecule has 108 valence electrons. The smallest absolute Gasteiger partial charge is 0.141 e. The minimum absolute atomic E-state index is 0.212. The van der Waals surface area contributed by atoms with Crippen LogP contribution >= 0.6 is 11.6 Å². The molecule has 1 nitrogen and oxygen atoms in total. The van der Waals surface area contributed by atoms with Gasteiger partial charge in [-0.2, -0.15) is 0 Å². The van der Waals surface area contributed by atoms with E-state index in [9.17, 15) is 4.39 Å². The Hall–Kier alpha value is -0.600. The summed E-state index contributed by atoms with van der Waals surface area (Å²) in [5.74, 6) is 0.834. The van der Waals surface area contributed by atoms with Crippen molar-refractivity contribution >= 4 is 11.6 Å². The van der Waals surface area contributed by atoms with Crippen molar-refractivity contribution in [2.45, 2.75) is 46.6 Å². The van der Waals surface area contributed by atoms with Crippen LogP contribution in [0.1, 0.15) is 39.7 Å². The van der Waals surface area contributed by atoms with Gasteiger partial charge in [0.25, 0.3) is 0 Å². The zero-order valence-electron chi connectivity index (χ0n) is 12.3. The molecule has 0 radical (unpaired) electrons. The summed E-state index contributed by atoms with van der Waals surface area (Å²) in [4.78, 5) is 0. The molecule has 2 atom stereocenters. The summed E-state index contributed by atoms with van der Waals surface area (Å²) in [6.45, 7) is 9.92. The Bertz CT molecular complexity index is 392. The molecule has 1 aromatic rings. The van der Waals surface area contributed by atoms with E-state index < -0.39 is 0 Å². The van der Waals surface area contributed by atoms with Gasteiger partial charge < -0.3 is 5.32 Å². The molecule has 1 aromatic carbocycles. The molecule has 0 fully saturated rings. The quantitative estimate of drug-likeness (QED) is 0.767. The topological polar surface area (TPSA) is 12.0 Å². The maximum atomic E-state index is 13.2. The first-order valence-corrected chi connectivity index (χ1v) is 7.50. The van der Waals surface area contributed by atoms with E-state index in [0.29, 0.717) is 17.9 Å². The van der Waals surface area contributed by atoms with Crippen LogP contribution in [0.2, 0.25) is 5.02 Å². The van der Waals surface area contributed by atoms with Crippen LogP contribution in [0.3, 0.4) is 0 Å². The monoisotopic (exact) mass is 285 g/mol. The highest BCUT2D eigenvalue weighted by Crippen LogP contribution is 2.21. The molecule has 0 aromatic heterocycles. The first-order chi connectivity index (χ1) is 8.95. The van der Waals surface area contributed by atoms with Crippen LogP contribution < -0.4 is 5.32 Å². The number of nitrogens with one attached hydrogen (secondary N) is 1. The first-order valence-electron chi connectivity index (χ1n) is 7.13. The second-order valence-electron chi connectivity index (χ2n) is 5.62. The Morgan fingerprint density at radius 3 is 2.47 bits per heavy atom. The molecule has 19 heavy (non-hydrogen) atoms. The standard InChI is InChI=1S/C16H25ClFN/c1-5-8-19-16(12(4)11(2)3)10-13-6-7-15(18)14(17)9-13/h6-7,9,11-12,16,19H,5,8,10H2,1-4H3. The third-order valence-corrected chi connectivity index (χ3v) is 4.07. The molecule has 3 heteroatoms. The number of benzene rings is 1. The maximum Gasteiger partial charge on any atom is 0.141 e. The average Bonchev–Trinajstić information content (AvgIpc) is 2.37. The number of hydrogen-bond donors (Lipinski definition) is 1. The van der Waals surface area contributed by atoms with E-state index in [0.717, 1.165) is 24.9 Å². The highest BCUT2D eigenvalue weighted by Gasteiger charge is 2.20. The van der Waals surface area contributed by atoms with Crippen molar-refractivity contribution in [2.75, 3.05) is 6.54 Å². The molecular weight excluding hydrogens is 261 g/mol. The van der Waals surface area contributed by atoms with Gasteiger partial charge >= 0.3 is 0 Å². The summed E-state index contributed by atoms with van der Waals surface area (Å²) in [6, 6.07) is 5.43. The van der Waals surface area contributed by atoms with Crippen LogP contribution in [0.5, 0.6) is 0 Å². The maximum absolute atomic E-state index is 13.2. The van der Waals surface area contributed by atoms with Crippen molar-refractivity contribution in [1.29, 1.82) is 0 Å². The fourth-order valence-corrected chi connectivity index (χ4v) is 2.36. The van der Waals surface area contributed by atoms with Crippen LogP contribution in [-0.4, -0.2) is 12.6 Å². The summed E-state index contributed by atoms with van der Waals surface area (Å²) in [5, 5.41) is 3.81. The highest BCUT2D eigenvalue weighted by molar-refractivity contribution is 6.30. The van der Waals surface area contributed by atoms with E-state index in [-0.39, 0.29) is 10.8 Å². The van der Waals surface area contributed by atoms with Crippen molar-refractivity contribution in [1.82, 2.24) is 5.32 Å².